The van der Waals surface area contributed by atoms with Crippen LogP contribution < -0.4 is 15.4 Å². The normalized spacial score (nSPS) is 15.8. The number of hydrogen-bond donors (Lipinski definition) is 2. The summed E-state index contributed by atoms with van der Waals surface area (Å²) < 4.78 is 7.53. The number of aryl methyl sites for hydroxylation is 3. The largest absolute Gasteiger partial charge is 0.497 e. The number of benzene rings is 1. The quantitative estimate of drug-likeness (QED) is 0.347. The van der Waals surface area contributed by atoms with Crippen molar-refractivity contribution in [1.29, 1.82) is 0 Å². The van der Waals surface area contributed by atoms with E-state index in [-0.39, 0.29) is 6.04 Å². The van der Waals surface area contributed by atoms with Crippen molar-refractivity contribution < 1.29 is 4.74 Å². The highest BCUT2D eigenvalue weighted by molar-refractivity contribution is 5.79. The van der Waals surface area contributed by atoms with Gasteiger partial charge in [0.2, 0.25) is 0 Å². The van der Waals surface area contributed by atoms with Crippen molar-refractivity contribution in [3.05, 3.63) is 47.3 Å². The Bertz CT molecular complexity index is 840. The number of hydrogen-bond acceptors (Lipinski definition) is 4. The van der Waals surface area contributed by atoms with Crippen LogP contribution in [-0.4, -0.2) is 60.5 Å². The number of aromatic nitrogens is 2. The van der Waals surface area contributed by atoms with Crippen LogP contribution >= 0.6 is 0 Å². The van der Waals surface area contributed by atoms with Gasteiger partial charge in [-0.25, -0.2) is 0 Å². The SMILES string of the molecule is CCNC(=NCC(c1cccc(OC)c1)N1CCCC1)NCCCn1nc(C)cc1C. The Morgan fingerprint density at radius 3 is 2.68 bits per heavy atom. The van der Waals surface area contributed by atoms with Gasteiger partial charge in [0.25, 0.3) is 0 Å². The van der Waals surface area contributed by atoms with Crippen LogP contribution in [0.3, 0.4) is 0 Å². The first-order valence-electron chi connectivity index (χ1n) is 11.5. The lowest BCUT2D eigenvalue weighted by molar-refractivity contribution is 0.251. The number of likely N-dealkylation sites (tertiary alicyclic amines) is 1. The van der Waals surface area contributed by atoms with Crippen LogP contribution in [0.15, 0.2) is 35.3 Å². The summed E-state index contributed by atoms with van der Waals surface area (Å²) >= 11 is 0. The molecule has 2 heterocycles. The molecule has 31 heavy (non-hydrogen) atoms. The molecule has 1 saturated heterocycles. The summed E-state index contributed by atoms with van der Waals surface area (Å²) in [4.78, 5) is 7.49. The van der Waals surface area contributed by atoms with Gasteiger partial charge in [0.15, 0.2) is 5.96 Å². The number of aliphatic imine (C=N–C) groups is 1. The van der Waals surface area contributed by atoms with Crippen molar-refractivity contribution in [3.8, 4) is 5.75 Å². The maximum Gasteiger partial charge on any atom is 0.191 e. The summed E-state index contributed by atoms with van der Waals surface area (Å²) in [5.74, 6) is 1.78. The highest BCUT2D eigenvalue weighted by Gasteiger charge is 2.23. The maximum atomic E-state index is 5.46. The average molecular weight is 427 g/mol. The smallest absolute Gasteiger partial charge is 0.191 e. The molecule has 1 aliphatic rings. The molecular formula is C24H38N6O. The molecule has 0 bridgehead atoms. The molecule has 7 heteroatoms. The molecule has 2 aromatic rings. The standard InChI is InChI=1S/C24H38N6O/c1-5-25-24(26-12-9-15-30-20(3)16-19(2)28-30)27-18-23(29-13-6-7-14-29)21-10-8-11-22(17-21)31-4/h8,10-11,16-17,23H,5-7,9,12-15,18H2,1-4H3,(H2,25,26,27). The van der Waals surface area contributed by atoms with E-state index in [1.165, 1.54) is 24.1 Å². The number of nitrogens with one attached hydrogen (secondary N) is 2. The van der Waals surface area contributed by atoms with Crippen molar-refractivity contribution >= 4 is 5.96 Å². The van der Waals surface area contributed by atoms with Gasteiger partial charge in [-0.2, -0.15) is 5.10 Å². The Kier molecular flexibility index (Phi) is 8.76. The van der Waals surface area contributed by atoms with Crippen molar-refractivity contribution in [1.82, 2.24) is 25.3 Å². The summed E-state index contributed by atoms with van der Waals surface area (Å²) in [6.45, 7) is 11.8. The number of ether oxygens (including phenoxy) is 1. The van der Waals surface area contributed by atoms with E-state index in [0.29, 0.717) is 0 Å². The molecule has 2 N–H and O–H groups in total. The Labute approximate surface area is 186 Å². The lowest BCUT2D eigenvalue weighted by atomic mass is 10.1. The first-order chi connectivity index (χ1) is 15.1. The zero-order chi connectivity index (χ0) is 22.1. The Morgan fingerprint density at radius 1 is 1.19 bits per heavy atom. The van der Waals surface area contributed by atoms with Gasteiger partial charge in [-0.1, -0.05) is 12.1 Å². The topological polar surface area (TPSA) is 66.7 Å². The van der Waals surface area contributed by atoms with Gasteiger partial charge in [-0.05, 0) is 76.9 Å². The van der Waals surface area contributed by atoms with Crippen LogP contribution in [0.4, 0.5) is 0 Å². The second kappa shape index (κ2) is 11.7. The number of guanidine groups is 1. The Balaban J connectivity index is 1.61. The van der Waals surface area contributed by atoms with Crippen LogP contribution in [0.5, 0.6) is 5.75 Å². The molecule has 1 atom stereocenters. The van der Waals surface area contributed by atoms with Crippen LogP contribution in [0.2, 0.25) is 0 Å². The van der Waals surface area contributed by atoms with Gasteiger partial charge >= 0.3 is 0 Å². The highest BCUT2D eigenvalue weighted by atomic mass is 16.5. The van der Waals surface area contributed by atoms with E-state index < -0.39 is 0 Å². The molecule has 1 aliphatic heterocycles. The van der Waals surface area contributed by atoms with Gasteiger partial charge in [-0.15, -0.1) is 0 Å². The first kappa shape index (κ1) is 23.1. The van der Waals surface area contributed by atoms with Crippen molar-refractivity contribution in [3.63, 3.8) is 0 Å². The van der Waals surface area contributed by atoms with E-state index in [1.807, 2.05) is 13.0 Å². The third kappa shape index (κ3) is 6.72. The van der Waals surface area contributed by atoms with Crippen LogP contribution in [0.25, 0.3) is 0 Å². The minimum atomic E-state index is 0.266. The zero-order valence-electron chi connectivity index (χ0n) is 19.5. The minimum Gasteiger partial charge on any atom is -0.497 e. The molecule has 1 aromatic heterocycles. The molecule has 1 fully saturated rings. The molecule has 170 valence electrons. The molecule has 0 aliphatic carbocycles. The van der Waals surface area contributed by atoms with Crippen molar-refractivity contribution in [2.45, 2.75) is 52.6 Å². The predicted octanol–water partition coefficient (Wildman–Crippen LogP) is 3.29. The van der Waals surface area contributed by atoms with E-state index in [4.69, 9.17) is 9.73 Å². The van der Waals surface area contributed by atoms with Crippen LogP contribution in [-0.2, 0) is 6.54 Å². The molecule has 3 rings (SSSR count). The summed E-state index contributed by atoms with van der Waals surface area (Å²) in [6, 6.07) is 10.8. The Morgan fingerprint density at radius 2 is 2.00 bits per heavy atom. The number of rotatable bonds is 10. The minimum absolute atomic E-state index is 0.266. The molecule has 1 unspecified atom stereocenters. The predicted molar refractivity (Wildman–Crippen MR) is 127 cm³/mol. The number of nitrogens with zero attached hydrogens (tertiary/aromatic N) is 4. The van der Waals surface area contributed by atoms with Gasteiger partial charge in [0.1, 0.15) is 5.75 Å². The van der Waals surface area contributed by atoms with E-state index in [2.05, 4.69) is 63.4 Å². The van der Waals surface area contributed by atoms with E-state index in [1.54, 1.807) is 7.11 Å². The lowest BCUT2D eigenvalue weighted by Gasteiger charge is -2.27. The molecule has 0 radical (unpaired) electrons. The van der Waals surface area contributed by atoms with E-state index in [9.17, 15) is 0 Å². The zero-order valence-corrected chi connectivity index (χ0v) is 19.5. The second-order valence-corrected chi connectivity index (χ2v) is 8.19. The summed E-state index contributed by atoms with van der Waals surface area (Å²) in [5, 5.41) is 11.4. The third-order valence-electron chi connectivity index (χ3n) is 5.77. The van der Waals surface area contributed by atoms with Gasteiger partial charge in [0, 0.05) is 25.3 Å². The molecule has 7 nitrogen and oxygen atoms in total. The van der Waals surface area contributed by atoms with Crippen LogP contribution in [0.1, 0.15) is 49.2 Å². The lowest BCUT2D eigenvalue weighted by Crippen LogP contribution is -2.39. The van der Waals surface area contributed by atoms with E-state index >= 15 is 0 Å². The fourth-order valence-corrected chi connectivity index (χ4v) is 4.19. The molecular weight excluding hydrogens is 388 g/mol. The van der Waals surface area contributed by atoms with E-state index in [0.717, 1.165) is 63.1 Å². The molecule has 1 aromatic carbocycles. The third-order valence-corrected chi connectivity index (χ3v) is 5.77. The molecule has 0 saturated carbocycles. The monoisotopic (exact) mass is 426 g/mol. The number of methoxy groups -OCH3 is 1. The molecule has 0 amide bonds. The van der Waals surface area contributed by atoms with Gasteiger partial charge in [-0.3, -0.25) is 14.6 Å². The van der Waals surface area contributed by atoms with Gasteiger partial charge < -0.3 is 15.4 Å². The summed E-state index contributed by atoms with van der Waals surface area (Å²) in [7, 11) is 1.72. The van der Waals surface area contributed by atoms with Crippen molar-refractivity contribution in [2.24, 2.45) is 4.99 Å². The summed E-state index contributed by atoms with van der Waals surface area (Å²) in [6.07, 6.45) is 3.52. The Hall–Kier alpha value is -2.54. The van der Waals surface area contributed by atoms with Crippen molar-refractivity contribution in [2.75, 3.05) is 39.8 Å². The molecule has 0 spiro atoms. The summed E-state index contributed by atoms with van der Waals surface area (Å²) in [5.41, 5.74) is 3.56. The van der Waals surface area contributed by atoms with Gasteiger partial charge in [0.05, 0.1) is 25.4 Å². The fraction of sp³-hybridized carbons (Fsp3) is 0.583. The first-order valence-corrected chi connectivity index (χ1v) is 11.5. The second-order valence-electron chi connectivity index (χ2n) is 8.19. The highest BCUT2D eigenvalue weighted by Crippen LogP contribution is 2.27. The maximum absolute atomic E-state index is 5.46. The average Bonchev–Trinajstić information content (AvgIpc) is 3.41. The van der Waals surface area contributed by atoms with Crippen LogP contribution in [0, 0.1) is 13.8 Å². The fourth-order valence-electron chi connectivity index (χ4n) is 4.19.